The molecule has 2 aromatic rings. The lowest BCUT2D eigenvalue weighted by Crippen LogP contribution is -2.03. The highest BCUT2D eigenvalue weighted by atomic mass is 16.4. The molecule has 1 saturated carbocycles. The van der Waals surface area contributed by atoms with E-state index < -0.39 is 6.10 Å². The smallest absolute Gasteiger partial charge is 0.133 e. The molecule has 3 rings (SSSR count). The third-order valence-corrected chi connectivity index (χ3v) is 3.81. The molecule has 0 spiro atoms. The Balaban J connectivity index is 1.72. The van der Waals surface area contributed by atoms with E-state index in [0.717, 1.165) is 11.3 Å². The largest absolute Gasteiger partial charge is 0.463 e. The minimum absolute atomic E-state index is 0.423. The molecule has 3 atom stereocenters. The average molecular weight is 258 g/mol. The summed E-state index contributed by atoms with van der Waals surface area (Å²) >= 11 is 0. The van der Waals surface area contributed by atoms with E-state index in [4.69, 9.17) is 10.2 Å². The first-order valence-corrected chi connectivity index (χ1v) is 6.61. The number of rotatable bonds is 4. The van der Waals surface area contributed by atoms with Crippen LogP contribution in [-0.4, -0.2) is 10.1 Å². The fourth-order valence-corrected chi connectivity index (χ4v) is 2.38. The fourth-order valence-electron chi connectivity index (χ4n) is 2.38. The summed E-state index contributed by atoms with van der Waals surface area (Å²) in [5.41, 5.74) is 7.34. The number of hydrogen-bond acceptors (Lipinski definition) is 4. The van der Waals surface area contributed by atoms with Crippen molar-refractivity contribution in [3.05, 3.63) is 47.7 Å². The van der Waals surface area contributed by atoms with Crippen LogP contribution in [0, 0.1) is 5.92 Å². The third kappa shape index (κ3) is 2.49. The number of anilines is 1. The van der Waals surface area contributed by atoms with E-state index in [1.165, 1.54) is 6.42 Å². The predicted octanol–water partition coefficient (Wildman–Crippen LogP) is 2.66. The van der Waals surface area contributed by atoms with Crippen molar-refractivity contribution in [2.24, 2.45) is 5.92 Å². The Morgan fingerprint density at radius 2 is 2.26 bits per heavy atom. The van der Waals surface area contributed by atoms with Crippen molar-refractivity contribution in [3.8, 4) is 0 Å². The van der Waals surface area contributed by atoms with Gasteiger partial charge in [0, 0.05) is 30.4 Å². The molecule has 4 nitrogen and oxygen atoms in total. The van der Waals surface area contributed by atoms with E-state index in [-0.39, 0.29) is 0 Å². The van der Waals surface area contributed by atoms with Crippen molar-refractivity contribution in [1.82, 2.24) is 4.98 Å². The van der Waals surface area contributed by atoms with Crippen molar-refractivity contribution in [1.29, 1.82) is 0 Å². The summed E-state index contributed by atoms with van der Waals surface area (Å²) in [7, 11) is 0. The maximum Gasteiger partial charge on any atom is 0.133 e. The van der Waals surface area contributed by atoms with Gasteiger partial charge < -0.3 is 15.3 Å². The zero-order valence-corrected chi connectivity index (χ0v) is 10.9. The molecule has 0 radical (unpaired) electrons. The van der Waals surface area contributed by atoms with Crippen LogP contribution in [0.25, 0.3) is 0 Å². The Morgan fingerprint density at radius 3 is 2.95 bits per heavy atom. The second kappa shape index (κ2) is 4.70. The minimum atomic E-state index is -0.672. The molecule has 0 amide bonds. The van der Waals surface area contributed by atoms with Crippen molar-refractivity contribution >= 4 is 5.69 Å². The Labute approximate surface area is 112 Å². The summed E-state index contributed by atoms with van der Waals surface area (Å²) in [5.74, 6) is 2.83. The number of furan rings is 1. The molecule has 0 saturated heterocycles. The van der Waals surface area contributed by atoms with E-state index in [2.05, 4.69) is 11.9 Å². The van der Waals surface area contributed by atoms with Gasteiger partial charge in [0.25, 0.3) is 0 Å². The molecule has 3 N–H and O–H groups in total. The highest BCUT2D eigenvalue weighted by Crippen LogP contribution is 2.47. The van der Waals surface area contributed by atoms with Crippen LogP contribution in [0.5, 0.6) is 0 Å². The zero-order chi connectivity index (χ0) is 13.4. The van der Waals surface area contributed by atoms with Gasteiger partial charge in [0.05, 0.1) is 0 Å². The Hall–Kier alpha value is -1.81. The summed E-state index contributed by atoms with van der Waals surface area (Å²) in [5, 5.41) is 10.2. The Kier molecular flexibility index (Phi) is 3.03. The Bertz CT molecular complexity index is 579. The molecule has 100 valence electrons. The first-order valence-electron chi connectivity index (χ1n) is 6.61. The van der Waals surface area contributed by atoms with E-state index in [0.29, 0.717) is 29.7 Å². The highest BCUT2D eigenvalue weighted by Gasteiger charge is 2.36. The van der Waals surface area contributed by atoms with Crippen LogP contribution in [0.15, 0.2) is 35.0 Å². The number of nitrogen functional groups attached to an aromatic ring is 1. The van der Waals surface area contributed by atoms with Crippen molar-refractivity contribution in [3.63, 3.8) is 0 Å². The van der Waals surface area contributed by atoms with Gasteiger partial charge in [-0.1, -0.05) is 6.92 Å². The van der Waals surface area contributed by atoms with Gasteiger partial charge in [-0.2, -0.15) is 0 Å². The number of nitrogens with zero attached hydrogens (tertiary/aromatic N) is 1. The normalized spacial score (nSPS) is 23.3. The molecular weight excluding hydrogens is 240 g/mol. The van der Waals surface area contributed by atoms with Crippen molar-refractivity contribution < 1.29 is 9.52 Å². The number of aliphatic hydroxyl groups excluding tert-OH is 1. The molecule has 0 aliphatic heterocycles. The molecule has 1 aliphatic rings. The maximum absolute atomic E-state index is 10.2. The van der Waals surface area contributed by atoms with E-state index >= 15 is 0 Å². The molecule has 1 aliphatic carbocycles. The van der Waals surface area contributed by atoms with Gasteiger partial charge in [-0.15, -0.1) is 0 Å². The molecule has 0 aromatic carbocycles. The van der Waals surface area contributed by atoms with Crippen molar-refractivity contribution in [2.75, 3.05) is 5.73 Å². The lowest BCUT2D eigenvalue weighted by atomic mass is 10.1. The molecule has 2 aromatic heterocycles. The van der Waals surface area contributed by atoms with Gasteiger partial charge in [0.15, 0.2) is 0 Å². The second-order valence-electron chi connectivity index (χ2n) is 5.35. The van der Waals surface area contributed by atoms with Gasteiger partial charge in [0.1, 0.15) is 17.6 Å². The summed E-state index contributed by atoms with van der Waals surface area (Å²) in [4.78, 5) is 4.02. The number of aromatic nitrogens is 1. The van der Waals surface area contributed by atoms with Crippen LogP contribution < -0.4 is 5.73 Å². The monoisotopic (exact) mass is 258 g/mol. The van der Waals surface area contributed by atoms with Crippen LogP contribution in [0.3, 0.4) is 0 Å². The molecule has 3 unspecified atom stereocenters. The topological polar surface area (TPSA) is 72.3 Å². The average Bonchev–Trinajstić information content (AvgIpc) is 2.93. The number of aliphatic hydroxyl groups is 1. The molecule has 1 fully saturated rings. The molecule has 4 heteroatoms. The molecule has 19 heavy (non-hydrogen) atoms. The maximum atomic E-state index is 10.2. The molecular formula is C15H18N2O2. The molecule has 2 heterocycles. The SMILES string of the molecule is CC1CC1c1ccc(C(O)Cc2cnccc2N)o1. The lowest BCUT2D eigenvalue weighted by molar-refractivity contribution is 0.148. The van der Waals surface area contributed by atoms with Gasteiger partial charge in [-0.05, 0) is 36.1 Å². The highest BCUT2D eigenvalue weighted by molar-refractivity contribution is 5.44. The van der Waals surface area contributed by atoms with Crippen LogP contribution >= 0.6 is 0 Å². The van der Waals surface area contributed by atoms with Gasteiger partial charge in [0.2, 0.25) is 0 Å². The van der Waals surface area contributed by atoms with Gasteiger partial charge >= 0.3 is 0 Å². The van der Waals surface area contributed by atoms with Crippen LogP contribution in [0.1, 0.15) is 42.5 Å². The number of hydrogen-bond donors (Lipinski definition) is 2. The van der Waals surface area contributed by atoms with E-state index in [9.17, 15) is 5.11 Å². The van der Waals surface area contributed by atoms with Gasteiger partial charge in [-0.25, -0.2) is 0 Å². The van der Waals surface area contributed by atoms with E-state index in [1.54, 1.807) is 18.5 Å². The van der Waals surface area contributed by atoms with Gasteiger partial charge in [-0.3, -0.25) is 4.98 Å². The quantitative estimate of drug-likeness (QED) is 0.884. The summed E-state index contributed by atoms with van der Waals surface area (Å²) < 4.78 is 5.74. The van der Waals surface area contributed by atoms with Crippen LogP contribution in [-0.2, 0) is 6.42 Å². The third-order valence-electron chi connectivity index (χ3n) is 3.81. The predicted molar refractivity (Wildman–Crippen MR) is 72.5 cm³/mol. The molecule has 0 bridgehead atoms. The number of nitrogens with two attached hydrogens (primary N) is 1. The first kappa shape index (κ1) is 12.2. The Morgan fingerprint density at radius 1 is 1.47 bits per heavy atom. The summed E-state index contributed by atoms with van der Waals surface area (Å²) in [6, 6.07) is 5.57. The second-order valence-corrected chi connectivity index (χ2v) is 5.35. The van der Waals surface area contributed by atoms with Crippen LogP contribution in [0.2, 0.25) is 0 Å². The van der Waals surface area contributed by atoms with Crippen LogP contribution in [0.4, 0.5) is 5.69 Å². The standard InChI is InChI=1S/C15H18N2O2/c1-9-6-11(9)14-2-3-15(19-14)13(18)7-10-8-17-5-4-12(10)16/h2-5,8-9,11,13,18H,6-7H2,1H3,(H2,16,17). The van der Waals surface area contributed by atoms with Crippen molar-refractivity contribution in [2.45, 2.75) is 31.8 Å². The number of pyridine rings is 1. The summed E-state index contributed by atoms with van der Waals surface area (Å²) in [6.07, 6.45) is 4.26. The summed E-state index contributed by atoms with van der Waals surface area (Å²) in [6.45, 7) is 2.21. The zero-order valence-electron chi connectivity index (χ0n) is 10.9. The van der Waals surface area contributed by atoms with E-state index in [1.807, 2.05) is 12.1 Å². The fraction of sp³-hybridized carbons (Fsp3) is 0.400. The first-order chi connectivity index (χ1) is 9.15. The lowest BCUT2D eigenvalue weighted by Gasteiger charge is -2.09. The minimum Gasteiger partial charge on any atom is -0.463 e.